The van der Waals surface area contributed by atoms with E-state index in [1.165, 1.54) is 17.5 Å². The number of hydrogen-bond donors (Lipinski definition) is 0. The second kappa shape index (κ2) is 2.61. The van der Waals surface area contributed by atoms with Gasteiger partial charge in [0, 0.05) is 17.5 Å². The molecule has 1 saturated carbocycles. The van der Waals surface area contributed by atoms with Crippen LogP contribution in [0.1, 0.15) is 35.8 Å². The molecule has 0 aromatic carbocycles. The van der Waals surface area contributed by atoms with Crippen LogP contribution in [0.25, 0.3) is 0 Å². The van der Waals surface area contributed by atoms with E-state index in [0.717, 1.165) is 6.42 Å². The molecule has 2 bridgehead atoms. The fourth-order valence-electron chi connectivity index (χ4n) is 2.68. The molecule has 1 fully saturated rings. The average Bonchev–Trinajstić information content (AvgIpc) is 2.61. The summed E-state index contributed by atoms with van der Waals surface area (Å²) in [5, 5.41) is 0.929. The number of halogens is 2. The predicted molar refractivity (Wildman–Crippen MR) is 53.6 cm³/mol. The molecule has 1 nitrogen and oxygen atoms in total. The van der Waals surface area contributed by atoms with Gasteiger partial charge in [-0.1, -0.05) is 11.6 Å². The van der Waals surface area contributed by atoms with Gasteiger partial charge in [0.05, 0.1) is 0 Å². The molecule has 1 aromatic rings. The zero-order valence-electron chi connectivity index (χ0n) is 7.00. The molecule has 3 atom stereocenters. The van der Waals surface area contributed by atoms with Crippen molar-refractivity contribution >= 4 is 23.2 Å². The first-order valence-electron chi connectivity index (χ1n) is 4.55. The number of fused-ring (bicyclic) bond motifs is 5. The van der Waals surface area contributed by atoms with E-state index < -0.39 is 0 Å². The number of nitrogens with zero attached hydrogens (tertiary/aromatic N) is 1. The predicted octanol–water partition coefficient (Wildman–Crippen LogP) is 3.32. The molecule has 1 aromatic heterocycles. The Morgan fingerprint density at radius 2 is 2.15 bits per heavy atom. The first-order valence-corrected chi connectivity index (χ1v) is 5.36. The lowest BCUT2D eigenvalue weighted by molar-refractivity contribution is 0.722. The summed E-state index contributed by atoms with van der Waals surface area (Å²) in [7, 11) is 0. The van der Waals surface area contributed by atoms with Gasteiger partial charge >= 0.3 is 0 Å². The molecule has 3 rings (SSSR count). The van der Waals surface area contributed by atoms with Crippen LogP contribution < -0.4 is 0 Å². The highest BCUT2D eigenvalue weighted by Gasteiger charge is 2.43. The highest BCUT2D eigenvalue weighted by atomic mass is 35.5. The van der Waals surface area contributed by atoms with E-state index in [9.17, 15) is 0 Å². The number of pyridine rings is 1. The number of rotatable bonds is 0. The number of aromatic nitrogens is 1. The lowest BCUT2D eigenvalue weighted by Crippen LogP contribution is -2.10. The molecule has 0 saturated heterocycles. The third-order valence-electron chi connectivity index (χ3n) is 3.26. The van der Waals surface area contributed by atoms with E-state index in [0.29, 0.717) is 22.4 Å². The number of hydrogen-bond acceptors (Lipinski definition) is 1. The van der Waals surface area contributed by atoms with Crippen LogP contribution in [0, 0.1) is 0 Å². The van der Waals surface area contributed by atoms with Crippen LogP contribution in [-0.2, 0) is 0 Å². The van der Waals surface area contributed by atoms with Gasteiger partial charge in [-0.3, -0.25) is 0 Å². The summed E-state index contributed by atoms with van der Waals surface area (Å²) in [6, 6.07) is 2.00. The van der Waals surface area contributed by atoms with E-state index >= 15 is 0 Å². The van der Waals surface area contributed by atoms with Crippen LogP contribution in [-0.4, -0.2) is 10.4 Å². The maximum Gasteiger partial charge on any atom is 0.129 e. The lowest BCUT2D eigenvalue weighted by atomic mass is 9.93. The first kappa shape index (κ1) is 8.07. The highest BCUT2D eigenvalue weighted by Crippen LogP contribution is 2.54. The molecule has 0 radical (unpaired) electrons. The van der Waals surface area contributed by atoms with Crippen molar-refractivity contribution in [1.29, 1.82) is 0 Å². The van der Waals surface area contributed by atoms with Crippen LogP contribution in [0.2, 0.25) is 5.15 Å². The van der Waals surface area contributed by atoms with Gasteiger partial charge < -0.3 is 0 Å². The maximum absolute atomic E-state index is 6.22. The van der Waals surface area contributed by atoms with Gasteiger partial charge in [-0.15, -0.1) is 11.6 Å². The van der Waals surface area contributed by atoms with Crippen molar-refractivity contribution in [3.05, 3.63) is 28.5 Å². The van der Waals surface area contributed by atoms with Crippen molar-refractivity contribution in [2.45, 2.75) is 30.1 Å². The number of alkyl halides is 1. The van der Waals surface area contributed by atoms with Gasteiger partial charge in [0.25, 0.3) is 0 Å². The summed E-state index contributed by atoms with van der Waals surface area (Å²) in [5.74, 6) is 1.18. The summed E-state index contributed by atoms with van der Waals surface area (Å²) in [4.78, 5) is 4.11. The van der Waals surface area contributed by atoms with Crippen LogP contribution >= 0.6 is 23.2 Å². The van der Waals surface area contributed by atoms with Gasteiger partial charge in [0.1, 0.15) is 5.15 Å². The molecule has 0 unspecified atom stereocenters. The van der Waals surface area contributed by atoms with E-state index in [4.69, 9.17) is 23.2 Å². The standard InChI is InChI=1S/C10H9Cl2N/c11-9-2-5-1-7(9)8-4-13-10(12)3-6(5)8/h3-5,7,9H,1-2H2/t5-,7+,9-/m0/s1. The Bertz CT molecular complexity index is 364. The van der Waals surface area contributed by atoms with Crippen LogP contribution in [0.5, 0.6) is 0 Å². The highest BCUT2D eigenvalue weighted by molar-refractivity contribution is 6.29. The maximum atomic E-state index is 6.22. The Labute approximate surface area is 87.1 Å². The minimum Gasteiger partial charge on any atom is -0.244 e. The van der Waals surface area contributed by atoms with Crippen molar-refractivity contribution in [2.75, 3.05) is 0 Å². The second-order valence-electron chi connectivity index (χ2n) is 3.93. The molecule has 2 aliphatic rings. The van der Waals surface area contributed by atoms with Crippen LogP contribution in [0.4, 0.5) is 0 Å². The Morgan fingerprint density at radius 3 is 3.00 bits per heavy atom. The van der Waals surface area contributed by atoms with Crippen molar-refractivity contribution < 1.29 is 0 Å². The van der Waals surface area contributed by atoms with Crippen molar-refractivity contribution in [3.8, 4) is 0 Å². The lowest BCUT2D eigenvalue weighted by Gasteiger charge is -2.18. The van der Waals surface area contributed by atoms with Crippen LogP contribution in [0.3, 0.4) is 0 Å². The monoisotopic (exact) mass is 213 g/mol. The molecule has 68 valence electrons. The van der Waals surface area contributed by atoms with Crippen molar-refractivity contribution in [2.24, 2.45) is 0 Å². The molecule has 13 heavy (non-hydrogen) atoms. The third-order valence-corrected chi connectivity index (χ3v) is 3.95. The molecule has 0 aliphatic heterocycles. The molecular weight excluding hydrogens is 205 g/mol. The first-order chi connectivity index (χ1) is 6.25. The van der Waals surface area contributed by atoms with Gasteiger partial charge in [0.15, 0.2) is 0 Å². The summed E-state index contributed by atoms with van der Waals surface area (Å²) in [5.41, 5.74) is 2.72. The Balaban J connectivity index is 2.16. The largest absolute Gasteiger partial charge is 0.244 e. The van der Waals surface area contributed by atoms with E-state index in [-0.39, 0.29) is 0 Å². The quantitative estimate of drug-likeness (QED) is 0.476. The Hall–Kier alpha value is -0.270. The van der Waals surface area contributed by atoms with Crippen molar-refractivity contribution in [3.63, 3.8) is 0 Å². The molecule has 0 amide bonds. The van der Waals surface area contributed by atoms with Crippen molar-refractivity contribution in [1.82, 2.24) is 4.98 Å². The molecular formula is C10H9Cl2N. The fraction of sp³-hybridized carbons (Fsp3) is 0.500. The summed E-state index contributed by atoms with van der Waals surface area (Å²) in [6.45, 7) is 0. The normalized spacial score (nSPS) is 35.1. The van der Waals surface area contributed by atoms with Gasteiger partial charge in [-0.2, -0.15) is 0 Å². The smallest absolute Gasteiger partial charge is 0.129 e. The zero-order valence-corrected chi connectivity index (χ0v) is 8.52. The Kier molecular flexibility index (Phi) is 1.62. The van der Waals surface area contributed by atoms with E-state index in [1.54, 1.807) is 0 Å². The van der Waals surface area contributed by atoms with Crippen LogP contribution in [0.15, 0.2) is 12.3 Å². The molecule has 3 heteroatoms. The Morgan fingerprint density at radius 1 is 1.31 bits per heavy atom. The average molecular weight is 214 g/mol. The molecule has 2 aliphatic carbocycles. The summed E-state index contributed by atoms with van der Waals surface area (Å²) in [6.07, 6.45) is 4.21. The second-order valence-corrected chi connectivity index (χ2v) is 4.87. The minimum absolute atomic E-state index is 0.320. The zero-order chi connectivity index (χ0) is 9.00. The van der Waals surface area contributed by atoms with E-state index in [1.807, 2.05) is 12.3 Å². The SMILES string of the molecule is Clc1cc2c(cn1)[C@H]1C[C@H]2C[C@@H]1Cl. The molecule has 1 heterocycles. The molecule has 0 N–H and O–H groups in total. The van der Waals surface area contributed by atoms with Gasteiger partial charge in [-0.05, 0) is 36.0 Å². The summed E-state index contributed by atoms with van der Waals surface area (Å²) >= 11 is 12.1. The van der Waals surface area contributed by atoms with E-state index in [2.05, 4.69) is 4.98 Å². The van der Waals surface area contributed by atoms with Gasteiger partial charge in [0.2, 0.25) is 0 Å². The fourth-order valence-corrected chi connectivity index (χ4v) is 3.30. The minimum atomic E-state index is 0.320. The third kappa shape index (κ3) is 1.04. The topological polar surface area (TPSA) is 12.9 Å². The summed E-state index contributed by atoms with van der Waals surface area (Å²) < 4.78 is 0. The molecule has 0 spiro atoms. The van der Waals surface area contributed by atoms with Gasteiger partial charge in [-0.25, -0.2) is 4.98 Å².